The van der Waals surface area contributed by atoms with Gasteiger partial charge in [-0.25, -0.2) is 13.1 Å². The highest BCUT2D eigenvalue weighted by atomic mass is 35.5. The van der Waals surface area contributed by atoms with E-state index in [1.807, 2.05) is 0 Å². The molecule has 3 N–H and O–H groups in total. The molecular weight excluding hydrogens is 364 g/mol. The van der Waals surface area contributed by atoms with Crippen LogP contribution < -0.4 is 10.0 Å². The molecule has 0 atom stereocenters. The van der Waals surface area contributed by atoms with Crippen molar-refractivity contribution in [2.75, 3.05) is 0 Å². The predicted molar refractivity (Wildman–Crippen MR) is 97.3 cm³/mol. The van der Waals surface area contributed by atoms with E-state index in [2.05, 4.69) is 10.0 Å². The molecule has 0 heterocycles. The van der Waals surface area contributed by atoms with Gasteiger partial charge in [-0.3, -0.25) is 4.79 Å². The van der Waals surface area contributed by atoms with Crippen LogP contribution in [0.4, 0.5) is 0 Å². The maximum absolute atomic E-state index is 12.5. The maximum Gasteiger partial charge on any atom is 0.251 e. The van der Waals surface area contributed by atoms with E-state index in [4.69, 9.17) is 11.6 Å². The molecule has 0 unspecified atom stereocenters. The number of aliphatic hydroxyl groups excluding tert-OH is 1. The Bertz CT molecular complexity index is 736. The van der Waals surface area contributed by atoms with Crippen LogP contribution >= 0.6 is 11.6 Å². The first-order chi connectivity index (χ1) is 11.5. The smallest absolute Gasteiger partial charge is 0.251 e. The zero-order valence-corrected chi connectivity index (χ0v) is 16.2. The topological polar surface area (TPSA) is 95.5 Å². The van der Waals surface area contributed by atoms with Gasteiger partial charge in [-0.15, -0.1) is 0 Å². The highest BCUT2D eigenvalue weighted by molar-refractivity contribution is 7.89. The number of benzene rings is 1. The molecule has 1 fully saturated rings. The molecule has 1 saturated carbocycles. The van der Waals surface area contributed by atoms with Crippen molar-refractivity contribution in [1.82, 2.24) is 10.0 Å². The molecule has 2 rings (SSSR count). The van der Waals surface area contributed by atoms with Crippen LogP contribution in [0.3, 0.4) is 0 Å². The van der Waals surface area contributed by atoms with Crippen LogP contribution in [0.2, 0.25) is 5.02 Å². The van der Waals surface area contributed by atoms with Gasteiger partial charge in [0.25, 0.3) is 5.91 Å². The third-order valence-corrected chi connectivity index (χ3v) is 6.19. The van der Waals surface area contributed by atoms with E-state index in [0.29, 0.717) is 25.7 Å². The zero-order valence-electron chi connectivity index (χ0n) is 14.7. The van der Waals surface area contributed by atoms with Gasteiger partial charge >= 0.3 is 0 Å². The monoisotopic (exact) mass is 388 g/mol. The van der Waals surface area contributed by atoms with Crippen LogP contribution in [0, 0.1) is 0 Å². The average molecular weight is 389 g/mol. The van der Waals surface area contributed by atoms with Crippen molar-refractivity contribution < 1.29 is 18.3 Å². The molecule has 25 heavy (non-hydrogen) atoms. The van der Waals surface area contributed by atoms with Crippen molar-refractivity contribution >= 4 is 27.5 Å². The molecule has 0 radical (unpaired) electrons. The molecule has 1 aliphatic rings. The summed E-state index contributed by atoms with van der Waals surface area (Å²) in [6.07, 6.45) is 2.42. The van der Waals surface area contributed by atoms with Crippen molar-refractivity contribution in [3.63, 3.8) is 0 Å². The first-order valence-corrected chi connectivity index (χ1v) is 10.2. The van der Waals surface area contributed by atoms with Crippen molar-refractivity contribution in [2.45, 2.75) is 69.0 Å². The van der Waals surface area contributed by atoms with Gasteiger partial charge in [-0.2, -0.15) is 0 Å². The third kappa shape index (κ3) is 5.67. The first kappa shape index (κ1) is 20.2. The summed E-state index contributed by atoms with van der Waals surface area (Å²) in [5.41, 5.74) is -0.423. The summed E-state index contributed by atoms with van der Waals surface area (Å²) in [5.74, 6) is -0.342. The zero-order chi connectivity index (χ0) is 18.8. The van der Waals surface area contributed by atoms with Gasteiger partial charge in [0.15, 0.2) is 0 Å². The number of nitrogens with one attached hydrogen (secondary N) is 2. The summed E-state index contributed by atoms with van der Waals surface area (Å²) < 4.78 is 27.6. The molecule has 0 bridgehead atoms. The lowest BCUT2D eigenvalue weighted by Crippen LogP contribution is -2.41. The third-order valence-electron chi connectivity index (χ3n) is 3.96. The average Bonchev–Trinajstić information content (AvgIpc) is 2.47. The van der Waals surface area contributed by atoms with Gasteiger partial charge in [-0.1, -0.05) is 11.6 Å². The van der Waals surface area contributed by atoms with Crippen molar-refractivity contribution in [3.8, 4) is 0 Å². The van der Waals surface area contributed by atoms with Gasteiger partial charge in [-0.05, 0) is 64.7 Å². The van der Waals surface area contributed by atoms with Crippen LogP contribution in [0.1, 0.15) is 56.8 Å². The molecule has 0 aromatic heterocycles. The van der Waals surface area contributed by atoms with Gasteiger partial charge in [0.1, 0.15) is 4.90 Å². The van der Waals surface area contributed by atoms with Crippen LogP contribution in [0.15, 0.2) is 23.1 Å². The summed E-state index contributed by atoms with van der Waals surface area (Å²) in [6.45, 7) is 5.19. The Morgan fingerprint density at radius 1 is 1.20 bits per heavy atom. The minimum Gasteiger partial charge on any atom is -0.393 e. The summed E-state index contributed by atoms with van der Waals surface area (Å²) >= 11 is 6.04. The molecule has 1 aromatic carbocycles. The van der Waals surface area contributed by atoms with Gasteiger partial charge in [0.05, 0.1) is 11.1 Å². The molecule has 0 saturated heterocycles. The molecular formula is C17H25ClN2O4S. The van der Waals surface area contributed by atoms with Crippen molar-refractivity contribution in [3.05, 3.63) is 28.8 Å². The van der Waals surface area contributed by atoms with E-state index < -0.39 is 15.6 Å². The summed E-state index contributed by atoms with van der Waals surface area (Å²) in [5, 5.41) is 12.5. The minimum atomic E-state index is -3.84. The summed E-state index contributed by atoms with van der Waals surface area (Å²) in [4.78, 5) is 12.3. The summed E-state index contributed by atoms with van der Waals surface area (Å²) in [7, 11) is -3.84. The number of amides is 1. The second-order valence-electron chi connectivity index (χ2n) is 7.48. The first-order valence-electron chi connectivity index (χ1n) is 8.30. The van der Waals surface area contributed by atoms with E-state index in [0.717, 1.165) is 0 Å². The largest absolute Gasteiger partial charge is 0.393 e. The number of hydrogen-bond donors (Lipinski definition) is 3. The second kappa shape index (κ2) is 7.61. The Hall–Kier alpha value is -1.15. The van der Waals surface area contributed by atoms with Crippen LogP contribution in [-0.2, 0) is 10.0 Å². The quantitative estimate of drug-likeness (QED) is 0.738. The van der Waals surface area contributed by atoms with Crippen LogP contribution in [-0.4, -0.2) is 37.1 Å². The number of rotatable bonds is 4. The fraction of sp³-hybridized carbons (Fsp3) is 0.588. The number of carbonyl (C=O) groups is 1. The van der Waals surface area contributed by atoms with E-state index in [1.165, 1.54) is 18.2 Å². The highest BCUT2D eigenvalue weighted by Gasteiger charge is 2.26. The minimum absolute atomic E-state index is 0.0145. The molecule has 1 aromatic rings. The van der Waals surface area contributed by atoms with Gasteiger partial charge in [0, 0.05) is 17.1 Å². The van der Waals surface area contributed by atoms with E-state index in [1.54, 1.807) is 20.8 Å². The Morgan fingerprint density at radius 3 is 2.36 bits per heavy atom. The molecule has 8 heteroatoms. The lowest BCUT2D eigenvalue weighted by molar-refractivity contribution is 0.0867. The molecule has 140 valence electrons. The Balaban J connectivity index is 2.19. The molecule has 0 aliphatic heterocycles. The SMILES string of the molecule is CC(C)(C)NS(=O)(=O)c1cc(C(=O)NC2CCC(O)CC2)ccc1Cl. The molecule has 6 nitrogen and oxygen atoms in total. The molecule has 0 spiro atoms. The maximum atomic E-state index is 12.5. The fourth-order valence-electron chi connectivity index (χ4n) is 2.80. The number of sulfonamides is 1. The van der Waals surface area contributed by atoms with Crippen LogP contribution in [0.25, 0.3) is 0 Å². The lowest BCUT2D eigenvalue weighted by atomic mass is 9.93. The fourth-order valence-corrected chi connectivity index (χ4v) is 4.74. The van der Waals surface area contributed by atoms with Crippen molar-refractivity contribution in [1.29, 1.82) is 0 Å². The molecule has 1 amide bonds. The Morgan fingerprint density at radius 2 is 1.80 bits per heavy atom. The van der Waals surface area contributed by atoms with Gasteiger partial charge in [0.2, 0.25) is 10.0 Å². The standard InChI is InChI=1S/C17H25ClN2O4S/c1-17(2,3)20-25(23,24)15-10-11(4-9-14(15)18)16(22)19-12-5-7-13(21)8-6-12/h4,9-10,12-13,20-21H,5-8H2,1-3H3,(H,19,22). The normalized spacial score (nSPS) is 21.8. The lowest BCUT2D eigenvalue weighted by Gasteiger charge is -2.26. The number of halogens is 1. The number of aliphatic hydroxyl groups is 1. The highest BCUT2D eigenvalue weighted by Crippen LogP contribution is 2.25. The summed E-state index contributed by atoms with van der Waals surface area (Å²) in [6, 6.07) is 4.20. The van der Waals surface area contributed by atoms with Crippen molar-refractivity contribution in [2.24, 2.45) is 0 Å². The Labute approximate surface area is 154 Å². The van der Waals surface area contributed by atoms with E-state index in [-0.39, 0.29) is 33.5 Å². The van der Waals surface area contributed by atoms with Gasteiger partial charge < -0.3 is 10.4 Å². The second-order valence-corrected chi connectivity index (χ2v) is 9.54. The van der Waals surface area contributed by atoms with E-state index >= 15 is 0 Å². The number of carbonyl (C=O) groups excluding carboxylic acids is 1. The number of hydrogen-bond acceptors (Lipinski definition) is 4. The molecule has 1 aliphatic carbocycles. The Kier molecular flexibility index (Phi) is 6.14. The van der Waals surface area contributed by atoms with Crippen LogP contribution in [0.5, 0.6) is 0 Å². The van der Waals surface area contributed by atoms with E-state index in [9.17, 15) is 18.3 Å². The predicted octanol–water partition coefficient (Wildman–Crippen LogP) is 2.45.